The molecule has 2 aromatic carbocycles. The molecule has 1 N–H and O–H groups in total. The molecule has 34 heavy (non-hydrogen) atoms. The van der Waals surface area contributed by atoms with Crippen LogP contribution >= 0.6 is 0 Å². The fourth-order valence-electron chi connectivity index (χ4n) is 3.32. The summed E-state index contributed by atoms with van der Waals surface area (Å²) in [4.78, 5) is 33.0. The summed E-state index contributed by atoms with van der Waals surface area (Å²) in [5, 5.41) is 2.51. The second-order valence-electron chi connectivity index (χ2n) is 7.40. The number of amides is 1. The quantitative estimate of drug-likeness (QED) is 0.396. The molecule has 0 saturated carbocycles. The summed E-state index contributed by atoms with van der Waals surface area (Å²) in [5.41, 5.74) is 3.13. The van der Waals surface area contributed by atoms with Gasteiger partial charge in [0.25, 0.3) is 5.91 Å². The molecule has 8 nitrogen and oxygen atoms in total. The molecule has 8 heteroatoms. The lowest BCUT2D eigenvalue weighted by Gasteiger charge is -2.15. The minimum atomic E-state index is -0.566. The van der Waals surface area contributed by atoms with Crippen molar-refractivity contribution < 1.29 is 23.5 Å². The van der Waals surface area contributed by atoms with Crippen LogP contribution in [0.4, 0.5) is 0 Å². The van der Waals surface area contributed by atoms with Crippen LogP contribution in [0.15, 0.2) is 77.5 Å². The fourth-order valence-corrected chi connectivity index (χ4v) is 3.32. The average molecular weight is 457 g/mol. The van der Waals surface area contributed by atoms with E-state index < -0.39 is 11.9 Å². The van der Waals surface area contributed by atoms with Crippen molar-refractivity contribution in [3.8, 4) is 28.5 Å². The van der Waals surface area contributed by atoms with E-state index >= 15 is 0 Å². The third-order valence-electron chi connectivity index (χ3n) is 5.14. The predicted molar refractivity (Wildman–Crippen MR) is 125 cm³/mol. The lowest BCUT2D eigenvalue weighted by Crippen LogP contribution is -2.31. The van der Waals surface area contributed by atoms with Crippen LogP contribution in [0, 0.1) is 6.92 Å². The normalized spacial score (nSPS) is 10.5. The van der Waals surface area contributed by atoms with Crippen molar-refractivity contribution >= 4 is 11.9 Å². The third kappa shape index (κ3) is 5.12. The van der Waals surface area contributed by atoms with Gasteiger partial charge in [-0.1, -0.05) is 48.5 Å². The number of hydrogen-bond donors (Lipinski definition) is 1. The minimum absolute atomic E-state index is 0.0592. The van der Waals surface area contributed by atoms with Crippen LogP contribution in [-0.4, -0.2) is 35.5 Å². The standard InChI is InChI=1S/C26H23N3O5/c1-17-20(21-14-29-26(34-21)19-11-7-4-8-12-19)13-27-23(25(31)28-15-22(30)32-2)24(17)33-16-18-9-5-3-6-10-18/h3-14H,15-16H2,1-2H3,(H,28,31). The zero-order valence-corrected chi connectivity index (χ0v) is 18.8. The van der Waals surface area contributed by atoms with Crippen LogP contribution in [0.3, 0.4) is 0 Å². The van der Waals surface area contributed by atoms with Crippen molar-refractivity contribution in [3.63, 3.8) is 0 Å². The van der Waals surface area contributed by atoms with Crippen molar-refractivity contribution in [2.45, 2.75) is 13.5 Å². The molecule has 2 aromatic heterocycles. The molecule has 0 radical (unpaired) electrons. The van der Waals surface area contributed by atoms with Crippen molar-refractivity contribution in [2.75, 3.05) is 13.7 Å². The number of benzene rings is 2. The molecule has 0 spiro atoms. The summed E-state index contributed by atoms with van der Waals surface area (Å²) in [6.07, 6.45) is 3.15. The molecule has 0 saturated heterocycles. The molecular formula is C26H23N3O5. The maximum Gasteiger partial charge on any atom is 0.325 e. The summed E-state index contributed by atoms with van der Waals surface area (Å²) in [5.74, 6) is 0.146. The van der Waals surface area contributed by atoms with Crippen molar-refractivity contribution in [3.05, 3.63) is 89.9 Å². The van der Waals surface area contributed by atoms with E-state index in [2.05, 4.69) is 20.0 Å². The van der Waals surface area contributed by atoms with Gasteiger partial charge in [-0.3, -0.25) is 9.59 Å². The van der Waals surface area contributed by atoms with Crippen molar-refractivity contribution in [1.82, 2.24) is 15.3 Å². The summed E-state index contributed by atoms with van der Waals surface area (Å²) >= 11 is 0. The van der Waals surface area contributed by atoms with Crippen LogP contribution in [0.25, 0.3) is 22.8 Å². The van der Waals surface area contributed by atoms with Gasteiger partial charge in [-0.15, -0.1) is 0 Å². The van der Waals surface area contributed by atoms with Crippen molar-refractivity contribution in [1.29, 1.82) is 0 Å². The highest BCUT2D eigenvalue weighted by Gasteiger charge is 2.22. The van der Waals surface area contributed by atoms with E-state index in [9.17, 15) is 9.59 Å². The Morgan fingerprint density at radius 3 is 2.38 bits per heavy atom. The van der Waals surface area contributed by atoms with Gasteiger partial charge in [0.2, 0.25) is 5.89 Å². The van der Waals surface area contributed by atoms with Crippen LogP contribution in [0.5, 0.6) is 5.75 Å². The van der Waals surface area contributed by atoms with Crippen LogP contribution in [0.1, 0.15) is 21.6 Å². The molecule has 0 atom stereocenters. The molecule has 0 aliphatic heterocycles. The van der Waals surface area contributed by atoms with E-state index in [1.54, 1.807) is 6.20 Å². The Kier molecular flexibility index (Phi) is 6.98. The minimum Gasteiger partial charge on any atom is -0.486 e. The SMILES string of the molecule is COC(=O)CNC(=O)c1ncc(-c2cnc(-c3ccccc3)o2)c(C)c1OCc1ccccc1. The number of carbonyl (C=O) groups is 2. The maximum atomic E-state index is 12.8. The monoisotopic (exact) mass is 457 g/mol. The van der Waals surface area contributed by atoms with E-state index in [-0.39, 0.29) is 18.8 Å². The van der Waals surface area contributed by atoms with Crippen LogP contribution in [0.2, 0.25) is 0 Å². The molecule has 4 aromatic rings. The first-order chi connectivity index (χ1) is 16.6. The molecule has 0 bridgehead atoms. The maximum absolute atomic E-state index is 12.8. The average Bonchev–Trinajstić information content (AvgIpc) is 3.37. The Morgan fingerprint density at radius 2 is 1.68 bits per heavy atom. The third-order valence-corrected chi connectivity index (χ3v) is 5.14. The molecule has 0 fully saturated rings. The Bertz CT molecular complexity index is 1290. The fraction of sp³-hybridized carbons (Fsp3) is 0.154. The number of rotatable bonds is 8. The van der Waals surface area contributed by atoms with Gasteiger partial charge < -0.3 is 19.2 Å². The molecular weight excluding hydrogens is 434 g/mol. The van der Waals surface area contributed by atoms with Crippen LogP contribution in [-0.2, 0) is 16.1 Å². The zero-order chi connectivity index (χ0) is 23.9. The Balaban J connectivity index is 1.68. The van der Waals surface area contributed by atoms with E-state index in [4.69, 9.17) is 9.15 Å². The first kappa shape index (κ1) is 22.7. The summed E-state index contributed by atoms with van der Waals surface area (Å²) in [6, 6.07) is 19.1. The lowest BCUT2D eigenvalue weighted by atomic mass is 10.1. The predicted octanol–water partition coefficient (Wildman–Crippen LogP) is 4.19. The van der Waals surface area contributed by atoms with Gasteiger partial charge in [0.1, 0.15) is 13.2 Å². The number of hydrogen-bond acceptors (Lipinski definition) is 7. The number of nitrogens with one attached hydrogen (secondary N) is 1. The van der Waals surface area contributed by atoms with Gasteiger partial charge in [0.05, 0.1) is 13.3 Å². The number of aromatic nitrogens is 2. The topological polar surface area (TPSA) is 104 Å². The molecule has 172 valence electrons. The second kappa shape index (κ2) is 10.4. The number of oxazole rings is 1. The molecule has 0 unspecified atom stereocenters. The van der Waals surface area contributed by atoms with Crippen molar-refractivity contribution in [2.24, 2.45) is 0 Å². The highest BCUT2D eigenvalue weighted by molar-refractivity contribution is 5.97. The zero-order valence-electron chi connectivity index (χ0n) is 18.8. The molecule has 1 amide bonds. The second-order valence-corrected chi connectivity index (χ2v) is 7.40. The van der Waals surface area contributed by atoms with E-state index in [0.29, 0.717) is 28.5 Å². The van der Waals surface area contributed by atoms with E-state index in [1.807, 2.05) is 67.6 Å². The molecule has 0 aliphatic rings. The Morgan fingerprint density at radius 1 is 0.971 bits per heavy atom. The molecule has 4 rings (SSSR count). The summed E-state index contributed by atoms with van der Waals surface area (Å²) < 4.78 is 16.6. The van der Waals surface area contributed by atoms with E-state index in [1.165, 1.54) is 13.3 Å². The van der Waals surface area contributed by atoms with Gasteiger partial charge in [-0.25, -0.2) is 9.97 Å². The molecule has 0 aliphatic carbocycles. The number of ether oxygens (including phenoxy) is 2. The first-order valence-electron chi connectivity index (χ1n) is 10.6. The smallest absolute Gasteiger partial charge is 0.325 e. The number of carbonyl (C=O) groups excluding carboxylic acids is 2. The summed E-state index contributed by atoms with van der Waals surface area (Å²) in [7, 11) is 1.25. The number of esters is 1. The van der Waals surface area contributed by atoms with Gasteiger partial charge in [0.15, 0.2) is 17.2 Å². The van der Waals surface area contributed by atoms with Gasteiger partial charge in [-0.2, -0.15) is 0 Å². The Hall–Kier alpha value is -4.46. The van der Waals surface area contributed by atoms with Crippen LogP contribution < -0.4 is 10.1 Å². The number of pyridine rings is 1. The molecule has 2 heterocycles. The van der Waals surface area contributed by atoms with Gasteiger partial charge in [0, 0.05) is 22.9 Å². The number of methoxy groups -OCH3 is 1. The van der Waals surface area contributed by atoms with Gasteiger partial charge in [-0.05, 0) is 24.6 Å². The first-order valence-corrected chi connectivity index (χ1v) is 10.6. The Labute approximate surface area is 196 Å². The largest absolute Gasteiger partial charge is 0.486 e. The highest BCUT2D eigenvalue weighted by Crippen LogP contribution is 2.34. The van der Waals surface area contributed by atoms with Gasteiger partial charge >= 0.3 is 5.97 Å². The lowest BCUT2D eigenvalue weighted by molar-refractivity contribution is -0.139. The summed E-state index contributed by atoms with van der Waals surface area (Å²) in [6.45, 7) is 1.77. The number of nitrogens with zero attached hydrogens (tertiary/aromatic N) is 2. The van der Waals surface area contributed by atoms with E-state index in [0.717, 1.165) is 11.1 Å². The highest BCUT2D eigenvalue weighted by atomic mass is 16.5.